The first-order valence-electron chi connectivity index (χ1n) is 5.21. The quantitative estimate of drug-likeness (QED) is 0.761. The molecule has 0 radical (unpaired) electrons. The lowest BCUT2D eigenvalue weighted by Crippen LogP contribution is -2.36. The van der Waals surface area contributed by atoms with E-state index in [9.17, 15) is 5.11 Å². The van der Waals surface area contributed by atoms with E-state index in [1.807, 2.05) is 49.2 Å². The summed E-state index contributed by atoms with van der Waals surface area (Å²) in [5.74, 6) is 0. The first-order chi connectivity index (χ1) is 7.16. The summed E-state index contributed by atoms with van der Waals surface area (Å²) in [4.78, 5) is 1.94. The highest BCUT2D eigenvalue weighted by Gasteiger charge is 2.19. The van der Waals surface area contributed by atoms with Crippen LogP contribution in [0.4, 0.5) is 0 Å². The Morgan fingerprint density at radius 2 is 1.87 bits per heavy atom. The summed E-state index contributed by atoms with van der Waals surface area (Å²) in [6.45, 7) is 2.64. The number of hydrogen-bond donors (Lipinski definition) is 2. The van der Waals surface area contributed by atoms with E-state index in [4.69, 9.17) is 5.11 Å². The Bertz CT molecular complexity index is 276. The van der Waals surface area contributed by atoms with Crippen LogP contribution in [0.2, 0.25) is 0 Å². The topological polar surface area (TPSA) is 43.7 Å². The molecule has 0 heterocycles. The predicted octanol–water partition coefficient (Wildman–Crippen LogP) is 1.03. The maximum Gasteiger partial charge on any atom is 0.0942 e. The predicted molar refractivity (Wildman–Crippen MR) is 60.6 cm³/mol. The third kappa shape index (κ3) is 3.30. The Balaban J connectivity index is 2.64. The first kappa shape index (κ1) is 12.2. The van der Waals surface area contributed by atoms with E-state index in [0.29, 0.717) is 6.54 Å². The number of aliphatic hydroxyl groups is 2. The Morgan fingerprint density at radius 1 is 1.27 bits per heavy atom. The van der Waals surface area contributed by atoms with Crippen molar-refractivity contribution in [2.45, 2.75) is 19.1 Å². The molecule has 0 aliphatic rings. The van der Waals surface area contributed by atoms with Gasteiger partial charge in [0.25, 0.3) is 0 Å². The normalized spacial score (nSPS) is 15.3. The van der Waals surface area contributed by atoms with Gasteiger partial charge in [-0.2, -0.15) is 0 Å². The Morgan fingerprint density at radius 3 is 2.40 bits per heavy atom. The van der Waals surface area contributed by atoms with Crippen molar-refractivity contribution in [1.29, 1.82) is 0 Å². The Kier molecular flexibility index (Phi) is 4.75. The molecule has 0 fully saturated rings. The molecule has 1 aromatic rings. The molecule has 0 bridgehead atoms. The standard InChI is InChI=1S/C12H19NO2/c1-10(13(2)8-9-14)12(15)11-6-4-3-5-7-11/h3-7,10,12,14-15H,8-9H2,1-2H3/t10-,12-/m0/s1. The van der Waals surface area contributed by atoms with Crippen LogP contribution in [0.5, 0.6) is 0 Å². The fraction of sp³-hybridized carbons (Fsp3) is 0.500. The molecule has 1 aromatic carbocycles. The van der Waals surface area contributed by atoms with Crippen molar-refractivity contribution in [3.05, 3.63) is 35.9 Å². The largest absolute Gasteiger partial charge is 0.395 e. The van der Waals surface area contributed by atoms with E-state index >= 15 is 0 Å². The summed E-state index contributed by atoms with van der Waals surface area (Å²) < 4.78 is 0. The average molecular weight is 209 g/mol. The highest BCUT2D eigenvalue weighted by atomic mass is 16.3. The molecule has 0 aliphatic heterocycles. The van der Waals surface area contributed by atoms with Gasteiger partial charge in [0.05, 0.1) is 12.7 Å². The van der Waals surface area contributed by atoms with E-state index in [2.05, 4.69) is 0 Å². The minimum absolute atomic E-state index is 0.000417. The zero-order chi connectivity index (χ0) is 11.3. The monoisotopic (exact) mass is 209 g/mol. The summed E-state index contributed by atoms with van der Waals surface area (Å²) in [6, 6.07) is 9.58. The molecule has 1 rings (SSSR count). The second kappa shape index (κ2) is 5.85. The van der Waals surface area contributed by atoms with Crippen LogP contribution in [0, 0.1) is 0 Å². The number of nitrogens with zero attached hydrogens (tertiary/aromatic N) is 1. The minimum Gasteiger partial charge on any atom is -0.395 e. The van der Waals surface area contributed by atoms with Crippen LogP contribution in [0.3, 0.4) is 0 Å². The average Bonchev–Trinajstić information content (AvgIpc) is 2.28. The molecule has 3 nitrogen and oxygen atoms in total. The molecule has 84 valence electrons. The van der Waals surface area contributed by atoms with Gasteiger partial charge in [-0.1, -0.05) is 30.3 Å². The van der Waals surface area contributed by atoms with Gasteiger partial charge in [0.2, 0.25) is 0 Å². The van der Waals surface area contributed by atoms with Gasteiger partial charge >= 0.3 is 0 Å². The zero-order valence-corrected chi connectivity index (χ0v) is 9.30. The molecule has 0 aromatic heterocycles. The number of likely N-dealkylation sites (N-methyl/N-ethyl adjacent to an activating group) is 1. The maximum absolute atomic E-state index is 10.1. The van der Waals surface area contributed by atoms with E-state index < -0.39 is 6.10 Å². The van der Waals surface area contributed by atoms with Crippen LogP contribution in [0.1, 0.15) is 18.6 Å². The van der Waals surface area contributed by atoms with Crippen LogP contribution < -0.4 is 0 Å². The highest BCUT2D eigenvalue weighted by Crippen LogP contribution is 2.19. The van der Waals surface area contributed by atoms with Crippen molar-refractivity contribution in [2.24, 2.45) is 0 Å². The molecule has 0 amide bonds. The summed E-state index contributed by atoms with van der Waals surface area (Å²) in [7, 11) is 1.90. The third-order valence-corrected chi connectivity index (χ3v) is 2.75. The van der Waals surface area contributed by atoms with Crippen LogP contribution in [-0.4, -0.2) is 41.4 Å². The van der Waals surface area contributed by atoms with Crippen molar-refractivity contribution in [3.8, 4) is 0 Å². The van der Waals surface area contributed by atoms with Crippen LogP contribution >= 0.6 is 0 Å². The van der Waals surface area contributed by atoms with Gasteiger partial charge in [0.15, 0.2) is 0 Å². The molecule has 0 spiro atoms. The van der Waals surface area contributed by atoms with Gasteiger partial charge < -0.3 is 10.2 Å². The van der Waals surface area contributed by atoms with Crippen LogP contribution in [0.25, 0.3) is 0 Å². The van der Waals surface area contributed by atoms with Crippen molar-refractivity contribution in [3.63, 3.8) is 0 Å². The molecule has 15 heavy (non-hydrogen) atoms. The molecular formula is C12H19NO2. The van der Waals surface area contributed by atoms with E-state index in [1.54, 1.807) is 0 Å². The van der Waals surface area contributed by atoms with E-state index in [-0.39, 0.29) is 12.6 Å². The van der Waals surface area contributed by atoms with E-state index in [0.717, 1.165) is 5.56 Å². The number of benzene rings is 1. The van der Waals surface area contributed by atoms with Gasteiger partial charge in [0.1, 0.15) is 0 Å². The number of aliphatic hydroxyl groups excluding tert-OH is 2. The second-order valence-electron chi connectivity index (χ2n) is 3.80. The van der Waals surface area contributed by atoms with Crippen molar-refractivity contribution in [1.82, 2.24) is 4.90 Å². The molecule has 3 heteroatoms. The number of rotatable bonds is 5. The lowest BCUT2D eigenvalue weighted by atomic mass is 10.0. The Hall–Kier alpha value is -0.900. The molecule has 0 unspecified atom stereocenters. The molecule has 2 atom stereocenters. The SMILES string of the molecule is C[C@@H]([C@H](O)c1ccccc1)N(C)CCO. The molecular weight excluding hydrogens is 190 g/mol. The molecule has 2 N–H and O–H groups in total. The van der Waals surface area contributed by atoms with Crippen LogP contribution in [0.15, 0.2) is 30.3 Å². The summed E-state index contributed by atoms with van der Waals surface area (Å²) in [5, 5.41) is 18.9. The van der Waals surface area contributed by atoms with Gasteiger partial charge in [-0.05, 0) is 19.5 Å². The summed E-state index contributed by atoms with van der Waals surface area (Å²) >= 11 is 0. The van der Waals surface area contributed by atoms with Gasteiger partial charge in [-0.15, -0.1) is 0 Å². The minimum atomic E-state index is -0.511. The molecule has 0 saturated heterocycles. The third-order valence-electron chi connectivity index (χ3n) is 2.75. The fourth-order valence-electron chi connectivity index (χ4n) is 1.53. The highest BCUT2D eigenvalue weighted by molar-refractivity contribution is 5.18. The fourth-order valence-corrected chi connectivity index (χ4v) is 1.53. The lowest BCUT2D eigenvalue weighted by Gasteiger charge is -2.28. The van der Waals surface area contributed by atoms with Gasteiger partial charge in [-0.3, -0.25) is 4.90 Å². The van der Waals surface area contributed by atoms with E-state index in [1.165, 1.54) is 0 Å². The summed E-state index contributed by atoms with van der Waals surface area (Å²) in [6.07, 6.45) is -0.511. The Labute approximate surface area is 91.0 Å². The smallest absolute Gasteiger partial charge is 0.0942 e. The molecule has 0 saturated carbocycles. The van der Waals surface area contributed by atoms with Gasteiger partial charge in [0, 0.05) is 12.6 Å². The molecule has 0 aliphatic carbocycles. The maximum atomic E-state index is 10.1. The summed E-state index contributed by atoms with van der Waals surface area (Å²) in [5.41, 5.74) is 0.912. The van der Waals surface area contributed by atoms with Crippen LogP contribution in [-0.2, 0) is 0 Å². The van der Waals surface area contributed by atoms with Crippen molar-refractivity contribution < 1.29 is 10.2 Å². The van der Waals surface area contributed by atoms with Crippen molar-refractivity contribution >= 4 is 0 Å². The lowest BCUT2D eigenvalue weighted by molar-refractivity contribution is 0.0632. The zero-order valence-electron chi connectivity index (χ0n) is 9.30. The second-order valence-corrected chi connectivity index (χ2v) is 3.80. The first-order valence-corrected chi connectivity index (χ1v) is 5.21. The van der Waals surface area contributed by atoms with Gasteiger partial charge in [-0.25, -0.2) is 0 Å². The van der Waals surface area contributed by atoms with Crippen molar-refractivity contribution in [2.75, 3.05) is 20.2 Å². The number of hydrogen-bond acceptors (Lipinski definition) is 3.